The number of carbonyl (C=O) groups excluding carboxylic acids is 1. The van der Waals surface area contributed by atoms with Crippen molar-refractivity contribution >= 4 is 21.4 Å². The van der Waals surface area contributed by atoms with E-state index in [1.807, 2.05) is 18.2 Å². The van der Waals surface area contributed by atoms with Gasteiger partial charge in [-0.1, -0.05) is 36.4 Å². The fraction of sp³-hybridized carbons (Fsp3) is 0.188. The van der Waals surface area contributed by atoms with Crippen LogP contribution in [0.25, 0.3) is 0 Å². The summed E-state index contributed by atoms with van der Waals surface area (Å²) in [5, 5.41) is 1.68. The molecule has 4 nitrogen and oxygen atoms in total. The quantitative estimate of drug-likeness (QED) is 0.926. The molecule has 2 aromatic carbocycles. The Bertz CT molecular complexity index is 769. The summed E-state index contributed by atoms with van der Waals surface area (Å²) < 4.78 is 25.3. The van der Waals surface area contributed by atoms with E-state index in [4.69, 9.17) is 0 Å². The molecule has 0 bridgehead atoms. The fourth-order valence-electron chi connectivity index (χ4n) is 2.56. The van der Waals surface area contributed by atoms with Gasteiger partial charge in [0, 0.05) is 5.69 Å². The number of hydrogen-bond donors (Lipinski definition) is 1. The van der Waals surface area contributed by atoms with Gasteiger partial charge in [0.25, 0.3) is 0 Å². The average Bonchev–Trinajstić information content (AvgIpc) is 2.66. The number of rotatable bonds is 2. The van der Waals surface area contributed by atoms with Crippen LogP contribution < -0.4 is 5.32 Å². The van der Waals surface area contributed by atoms with Crippen LogP contribution in [0.2, 0.25) is 0 Å². The summed E-state index contributed by atoms with van der Waals surface area (Å²) in [6, 6.07) is 15.6. The van der Waals surface area contributed by atoms with Crippen LogP contribution in [-0.2, 0) is 21.1 Å². The molecule has 1 N–H and O–H groups in total. The second kappa shape index (κ2) is 5.33. The molecule has 0 aromatic heterocycles. The molecule has 108 valence electrons. The van der Waals surface area contributed by atoms with Gasteiger partial charge in [-0.2, -0.15) is 0 Å². The first-order chi connectivity index (χ1) is 10.1. The van der Waals surface area contributed by atoms with E-state index in [1.165, 1.54) is 12.1 Å². The Kier molecular flexibility index (Phi) is 3.51. The summed E-state index contributed by atoms with van der Waals surface area (Å²) in [4.78, 5) is 12.5. The zero-order valence-electron chi connectivity index (χ0n) is 11.3. The van der Waals surface area contributed by atoms with E-state index in [9.17, 15) is 13.2 Å². The summed E-state index contributed by atoms with van der Waals surface area (Å²) in [5.41, 5.74) is 1.67. The maximum atomic E-state index is 12.6. The topological polar surface area (TPSA) is 63.2 Å². The highest BCUT2D eigenvalue weighted by atomic mass is 32.2. The monoisotopic (exact) mass is 301 g/mol. The molecule has 2 aromatic rings. The summed E-state index contributed by atoms with van der Waals surface area (Å²) in [6.07, 6.45) is 0.853. The van der Waals surface area contributed by atoms with Gasteiger partial charge in [0.1, 0.15) is 5.25 Å². The van der Waals surface area contributed by atoms with Crippen molar-refractivity contribution in [2.45, 2.75) is 23.0 Å². The maximum Gasteiger partial charge on any atom is 0.243 e. The maximum absolute atomic E-state index is 12.6. The third kappa shape index (κ3) is 2.56. The molecule has 21 heavy (non-hydrogen) atoms. The predicted octanol–water partition coefficient (Wildman–Crippen LogP) is 2.41. The molecule has 1 amide bonds. The number of nitrogens with one attached hydrogen (secondary N) is 1. The van der Waals surface area contributed by atoms with E-state index in [-0.39, 0.29) is 4.90 Å². The number of para-hydroxylation sites is 1. The number of fused-ring (bicyclic) bond motifs is 1. The molecule has 0 saturated carbocycles. The van der Waals surface area contributed by atoms with Gasteiger partial charge >= 0.3 is 0 Å². The molecule has 0 radical (unpaired) electrons. The second-order valence-electron chi connectivity index (χ2n) is 5.03. The van der Waals surface area contributed by atoms with Crippen LogP contribution in [0.3, 0.4) is 0 Å². The summed E-state index contributed by atoms with van der Waals surface area (Å²) in [6.45, 7) is 0. The molecule has 3 rings (SSSR count). The van der Waals surface area contributed by atoms with Crippen LogP contribution >= 0.6 is 0 Å². The van der Waals surface area contributed by atoms with E-state index in [1.54, 1.807) is 24.3 Å². The van der Waals surface area contributed by atoms with Crippen molar-refractivity contribution in [1.82, 2.24) is 0 Å². The molecule has 0 spiro atoms. The lowest BCUT2D eigenvalue weighted by molar-refractivity contribution is -0.115. The number of hydrogen-bond acceptors (Lipinski definition) is 3. The van der Waals surface area contributed by atoms with Gasteiger partial charge in [-0.15, -0.1) is 0 Å². The molecule has 5 heteroatoms. The first kappa shape index (κ1) is 13.8. The summed E-state index contributed by atoms with van der Waals surface area (Å²) in [7, 11) is -3.66. The standard InChI is InChI=1S/C16H15NO3S/c18-16-15(21(19,20)13-7-2-1-3-8-13)11-10-12-6-4-5-9-14(12)17-16/h1-9,15H,10-11H2,(H,17,18)/t15-/m1/s1. The van der Waals surface area contributed by atoms with Gasteiger partial charge in [-0.25, -0.2) is 8.42 Å². The van der Waals surface area contributed by atoms with Crippen LogP contribution in [0, 0.1) is 0 Å². The largest absolute Gasteiger partial charge is 0.325 e. The van der Waals surface area contributed by atoms with E-state index in [0.29, 0.717) is 18.5 Å². The van der Waals surface area contributed by atoms with Crippen molar-refractivity contribution in [1.29, 1.82) is 0 Å². The lowest BCUT2D eigenvalue weighted by atomic mass is 10.1. The van der Waals surface area contributed by atoms with Crippen LogP contribution in [0.4, 0.5) is 5.69 Å². The number of carbonyl (C=O) groups is 1. The highest BCUT2D eigenvalue weighted by molar-refractivity contribution is 7.92. The van der Waals surface area contributed by atoms with E-state index >= 15 is 0 Å². The number of anilines is 1. The van der Waals surface area contributed by atoms with Crippen LogP contribution in [-0.4, -0.2) is 19.6 Å². The molecule has 0 unspecified atom stereocenters. The van der Waals surface area contributed by atoms with Gasteiger partial charge in [0.15, 0.2) is 9.84 Å². The smallest absolute Gasteiger partial charge is 0.243 e. The first-order valence-electron chi connectivity index (χ1n) is 6.77. The predicted molar refractivity (Wildman–Crippen MR) is 80.8 cm³/mol. The Labute approximate surface area is 123 Å². The molecule has 0 aliphatic carbocycles. The van der Waals surface area contributed by atoms with Crippen LogP contribution in [0.15, 0.2) is 59.5 Å². The number of amides is 1. The zero-order valence-corrected chi connectivity index (χ0v) is 12.1. The SMILES string of the molecule is O=C1Nc2ccccc2CC[C@H]1S(=O)(=O)c1ccccc1. The van der Waals surface area contributed by atoms with Gasteiger partial charge in [-0.05, 0) is 36.6 Å². The molecule has 0 saturated heterocycles. The van der Waals surface area contributed by atoms with Crippen molar-refractivity contribution < 1.29 is 13.2 Å². The second-order valence-corrected chi connectivity index (χ2v) is 7.16. The van der Waals surface area contributed by atoms with E-state index in [2.05, 4.69) is 5.32 Å². The molecule has 1 aliphatic rings. The highest BCUT2D eigenvalue weighted by Crippen LogP contribution is 2.27. The third-order valence-corrected chi connectivity index (χ3v) is 5.82. The Morgan fingerprint density at radius 2 is 1.62 bits per heavy atom. The summed E-state index contributed by atoms with van der Waals surface area (Å²) >= 11 is 0. The Balaban J connectivity index is 1.96. The molecule has 0 fully saturated rings. The average molecular weight is 301 g/mol. The normalized spacial score (nSPS) is 18.5. The minimum absolute atomic E-state index is 0.191. The van der Waals surface area contributed by atoms with Crippen LogP contribution in [0.1, 0.15) is 12.0 Å². The minimum Gasteiger partial charge on any atom is -0.325 e. The number of sulfone groups is 1. The van der Waals surface area contributed by atoms with Crippen molar-refractivity contribution in [3.05, 3.63) is 60.2 Å². The van der Waals surface area contributed by atoms with Gasteiger partial charge in [0.2, 0.25) is 5.91 Å². The minimum atomic E-state index is -3.66. The van der Waals surface area contributed by atoms with Crippen molar-refractivity contribution in [2.24, 2.45) is 0 Å². The molecule has 1 aliphatic heterocycles. The van der Waals surface area contributed by atoms with Gasteiger partial charge < -0.3 is 5.32 Å². The lowest BCUT2D eigenvalue weighted by Gasteiger charge is -2.14. The van der Waals surface area contributed by atoms with E-state index in [0.717, 1.165) is 5.56 Å². The Hall–Kier alpha value is -2.14. The molecular weight excluding hydrogens is 286 g/mol. The third-order valence-electron chi connectivity index (χ3n) is 3.69. The zero-order chi connectivity index (χ0) is 14.9. The Morgan fingerprint density at radius 3 is 2.38 bits per heavy atom. The fourth-order valence-corrected chi connectivity index (χ4v) is 4.20. The van der Waals surface area contributed by atoms with Gasteiger partial charge in [0.05, 0.1) is 4.90 Å². The van der Waals surface area contributed by atoms with Crippen molar-refractivity contribution in [2.75, 3.05) is 5.32 Å². The van der Waals surface area contributed by atoms with Crippen LogP contribution in [0.5, 0.6) is 0 Å². The molecule has 1 heterocycles. The highest BCUT2D eigenvalue weighted by Gasteiger charge is 2.35. The lowest BCUT2D eigenvalue weighted by Crippen LogP contribution is -2.34. The number of aryl methyl sites for hydroxylation is 1. The Morgan fingerprint density at radius 1 is 0.952 bits per heavy atom. The van der Waals surface area contributed by atoms with E-state index < -0.39 is 21.0 Å². The van der Waals surface area contributed by atoms with Crippen molar-refractivity contribution in [3.63, 3.8) is 0 Å². The van der Waals surface area contributed by atoms with Crippen molar-refractivity contribution in [3.8, 4) is 0 Å². The number of benzene rings is 2. The molecule has 1 atom stereocenters. The first-order valence-corrected chi connectivity index (χ1v) is 8.31. The summed E-state index contributed by atoms with van der Waals surface area (Å²) in [5.74, 6) is -0.455. The van der Waals surface area contributed by atoms with Gasteiger partial charge in [-0.3, -0.25) is 4.79 Å². The molecular formula is C16H15NO3S.